The van der Waals surface area contributed by atoms with Crippen molar-refractivity contribution in [2.24, 2.45) is 10.8 Å². The van der Waals surface area contributed by atoms with Gasteiger partial charge in [0.05, 0.1) is 5.56 Å². The van der Waals surface area contributed by atoms with Crippen LogP contribution in [0.1, 0.15) is 31.9 Å². The van der Waals surface area contributed by atoms with Gasteiger partial charge in [0.15, 0.2) is 0 Å². The van der Waals surface area contributed by atoms with Crippen LogP contribution in [0, 0.1) is 22.2 Å². The summed E-state index contributed by atoms with van der Waals surface area (Å²) in [6, 6.07) is 2.74. The summed E-state index contributed by atoms with van der Waals surface area (Å²) in [4.78, 5) is 5.79. The van der Waals surface area contributed by atoms with Crippen molar-refractivity contribution in [2.75, 3.05) is 24.5 Å². The lowest BCUT2D eigenvalue weighted by atomic mass is 9.59. The number of rotatable bonds is 1. The minimum atomic E-state index is -4.64. The molecule has 2 aliphatic heterocycles. The number of nitriles is 1. The topological polar surface area (TPSA) is 52.0 Å². The van der Waals surface area contributed by atoms with Crippen LogP contribution >= 0.6 is 11.6 Å². The zero-order valence-electron chi connectivity index (χ0n) is 13.6. The van der Waals surface area contributed by atoms with E-state index in [4.69, 9.17) is 16.9 Å². The maximum atomic E-state index is 13.2. The van der Waals surface area contributed by atoms with Crippen LogP contribution in [0.15, 0.2) is 6.07 Å². The fraction of sp³-hybridized carbons (Fsp3) is 0.625. The molecule has 1 aromatic rings. The lowest BCUT2D eigenvalue weighted by Crippen LogP contribution is -2.79. The zero-order valence-corrected chi connectivity index (χ0v) is 14.4. The standard InChI is InChI=1S/C16H18ClF3N4/c1-14(2,3)13-15(6-22-13)7-24(8-15)11-4-10(16(18,19)20)9(5-21)12(17)23-11/h4,13,22H,6-8H2,1-3H3. The minimum absolute atomic E-state index is 0.0682. The van der Waals surface area contributed by atoms with Gasteiger partial charge >= 0.3 is 6.18 Å². The smallest absolute Gasteiger partial charge is 0.355 e. The Labute approximate surface area is 143 Å². The van der Waals surface area contributed by atoms with Crippen molar-refractivity contribution in [3.63, 3.8) is 0 Å². The van der Waals surface area contributed by atoms with E-state index in [0.717, 1.165) is 12.6 Å². The molecular weight excluding hydrogens is 341 g/mol. The van der Waals surface area contributed by atoms with Gasteiger partial charge in [-0.25, -0.2) is 4.98 Å². The quantitative estimate of drug-likeness (QED) is 0.781. The van der Waals surface area contributed by atoms with Crippen molar-refractivity contribution < 1.29 is 13.2 Å². The predicted molar refractivity (Wildman–Crippen MR) is 84.9 cm³/mol. The lowest BCUT2D eigenvalue weighted by Gasteiger charge is -2.64. The van der Waals surface area contributed by atoms with Gasteiger partial charge < -0.3 is 10.2 Å². The average Bonchev–Trinajstić information content (AvgIpc) is 2.32. The molecule has 8 heteroatoms. The van der Waals surface area contributed by atoms with E-state index < -0.39 is 22.5 Å². The van der Waals surface area contributed by atoms with Crippen molar-refractivity contribution in [2.45, 2.75) is 33.0 Å². The summed E-state index contributed by atoms with van der Waals surface area (Å²) in [5.74, 6) is 0.177. The molecule has 4 nitrogen and oxygen atoms in total. The minimum Gasteiger partial charge on any atom is -0.355 e. The van der Waals surface area contributed by atoms with E-state index in [2.05, 4.69) is 31.1 Å². The molecule has 1 aromatic heterocycles. The first kappa shape index (κ1) is 17.3. The Hall–Kier alpha value is -1.52. The van der Waals surface area contributed by atoms with E-state index in [0.29, 0.717) is 19.1 Å². The van der Waals surface area contributed by atoms with E-state index >= 15 is 0 Å². The molecule has 0 bridgehead atoms. The first-order valence-electron chi connectivity index (χ1n) is 7.64. The molecule has 2 saturated heterocycles. The predicted octanol–water partition coefficient (Wildman–Crippen LogP) is 3.45. The molecule has 1 unspecified atom stereocenters. The van der Waals surface area contributed by atoms with E-state index in [1.807, 2.05) is 0 Å². The summed E-state index contributed by atoms with van der Waals surface area (Å²) >= 11 is 5.81. The Morgan fingerprint density at radius 2 is 2.00 bits per heavy atom. The van der Waals surface area contributed by atoms with Gasteiger partial charge in [0, 0.05) is 31.1 Å². The number of hydrogen-bond acceptors (Lipinski definition) is 4. The second-order valence-corrected chi connectivity index (χ2v) is 8.06. The van der Waals surface area contributed by atoms with E-state index in [1.165, 1.54) is 6.07 Å². The molecule has 130 valence electrons. The number of aromatic nitrogens is 1. The summed E-state index contributed by atoms with van der Waals surface area (Å²) in [6.45, 7) is 8.55. The number of nitrogens with zero attached hydrogens (tertiary/aromatic N) is 3. The van der Waals surface area contributed by atoms with Crippen molar-refractivity contribution in [1.82, 2.24) is 10.3 Å². The molecular formula is C16H18ClF3N4. The molecule has 0 amide bonds. The first-order valence-corrected chi connectivity index (χ1v) is 8.02. The summed E-state index contributed by atoms with van der Waals surface area (Å²) < 4.78 is 39.5. The van der Waals surface area contributed by atoms with Gasteiger partial charge in [-0.05, 0) is 11.5 Å². The van der Waals surface area contributed by atoms with Crippen LogP contribution in [0.2, 0.25) is 5.15 Å². The van der Waals surface area contributed by atoms with Gasteiger partial charge in [-0.15, -0.1) is 0 Å². The summed E-state index contributed by atoms with van der Waals surface area (Å²) in [5.41, 5.74) is -1.50. The molecule has 24 heavy (non-hydrogen) atoms. The molecule has 0 aliphatic carbocycles. The van der Waals surface area contributed by atoms with Gasteiger partial charge in [-0.2, -0.15) is 18.4 Å². The highest BCUT2D eigenvalue weighted by atomic mass is 35.5. The Morgan fingerprint density at radius 3 is 2.42 bits per heavy atom. The number of nitrogens with one attached hydrogen (secondary N) is 1. The third kappa shape index (κ3) is 2.62. The van der Waals surface area contributed by atoms with E-state index in [9.17, 15) is 13.2 Å². The molecule has 2 aliphatic rings. The number of halogens is 4. The number of anilines is 1. The summed E-state index contributed by atoms with van der Waals surface area (Å²) in [7, 11) is 0. The third-order valence-electron chi connectivity index (χ3n) is 4.85. The van der Waals surface area contributed by atoms with E-state index in [-0.39, 0.29) is 16.6 Å². The van der Waals surface area contributed by atoms with Crippen molar-refractivity contribution in [3.05, 3.63) is 22.3 Å². The molecule has 0 radical (unpaired) electrons. The lowest BCUT2D eigenvalue weighted by molar-refractivity contribution is -0.137. The highest BCUT2D eigenvalue weighted by Gasteiger charge is 2.58. The first-order chi connectivity index (χ1) is 11.0. The molecule has 3 heterocycles. The Bertz CT molecular complexity index is 712. The monoisotopic (exact) mass is 358 g/mol. The second-order valence-electron chi connectivity index (χ2n) is 7.70. The Kier molecular flexibility index (Phi) is 3.78. The van der Waals surface area contributed by atoms with Crippen LogP contribution in [0.4, 0.5) is 19.0 Å². The molecule has 1 spiro atoms. The molecule has 1 atom stereocenters. The van der Waals surface area contributed by atoms with Crippen LogP contribution in [0.3, 0.4) is 0 Å². The largest absolute Gasteiger partial charge is 0.417 e. The third-order valence-corrected chi connectivity index (χ3v) is 5.12. The normalized spacial score (nSPS) is 22.8. The van der Waals surface area contributed by atoms with Crippen molar-refractivity contribution in [1.29, 1.82) is 5.26 Å². The van der Waals surface area contributed by atoms with Crippen LogP contribution in [0.5, 0.6) is 0 Å². The fourth-order valence-corrected chi connectivity index (χ4v) is 4.11. The van der Waals surface area contributed by atoms with Gasteiger partial charge in [-0.3, -0.25) is 0 Å². The molecule has 0 saturated carbocycles. The van der Waals surface area contributed by atoms with Gasteiger partial charge in [0.1, 0.15) is 22.6 Å². The molecule has 3 rings (SSSR count). The van der Waals surface area contributed by atoms with Crippen LogP contribution in [0.25, 0.3) is 0 Å². The molecule has 2 fully saturated rings. The highest BCUT2D eigenvalue weighted by molar-refractivity contribution is 6.30. The number of alkyl halides is 3. The average molecular weight is 359 g/mol. The second kappa shape index (κ2) is 5.24. The number of hydrogen-bond donors (Lipinski definition) is 1. The SMILES string of the molecule is CC(C)(C)C1NCC12CN(c1cc(C(F)(F)F)c(C#N)c(Cl)n1)C2. The fourth-order valence-electron chi connectivity index (χ4n) is 3.88. The van der Waals surface area contributed by atoms with Crippen molar-refractivity contribution >= 4 is 17.4 Å². The van der Waals surface area contributed by atoms with Gasteiger partial charge in [0.2, 0.25) is 0 Å². The maximum Gasteiger partial charge on any atom is 0.417 e. The van der Waals surface area contributed by atoms with E-state index in [1.54, 1.807) is 4.90 Å². The van der Waals surface area contributed by atoms with Crippen LogP contribution in [-0.4, -0.2) is 30.7 Å². The Morgan fingerprint density at radius 1 is 1.38 bits per heavy atom. The molecule has 1 N–H and O–H groups in total. The highest BCUT2D eigenvalue weighted by Crippen LogP contribution is 2.48. The Balaban J connectivity index is 1.86. The van der Waals surface area contributed by atoms with Crippen molar-refractivity contribution in [3.8, 4) is 6.07 Å². The molecule has 0 aromatic carbocycles. The summed E-state index contributed by atoms with van der Waals surface area (Å²) in [5, 5.41) is 11.9. The van der Waals surface area contributed by atoms with Gasteiger partial charge in [-0.1, -0.05) is 32.4 Å². The number of pyridine rings is 1. The maximum absolute atomic E-state index is 13.2. The summed E-state index contributed by atoms with van der Waals surface area (Å²) in [6.07, 6.45) is -4.64. The van der Waals surface area contributed by atoms with Gasteiger partial charge in [0.25, 0.3) is 0 Å². The van der Waals surface area contributed by atoms with Crippen LogP contribution in [-0.2, 0) is 6.18 Å². The van der Waals surface area contributed by atoms with Crippen LogP contribution < -0.4 is 10.2 Å². The zero-order chi connectivity index (χ0) is 17.9.